The number of carbonyl (C=O) groups is 1. The average molecular weight is 311 g/mol. The van der Waals surface area contributed by atoms with Gasteiger partial charge in [-0.3, -0.25) is 4.79 Å². The lowest BCUT2D eigenvalue weighted by atomic mass is 9.52. The fraction of sp³-hybridized carbons (Fsp3) is 0.526. The van der Waals surface area contributed by atoms with Crippen LogP contribution in [0.5, 0.6) is 11.5 Å². The number of hydrogen-bond acceptors (Lipinski definition) is 4. The number of piperidine rings is 1. The standard InChI is InChI=1S/C19H21NO3/c1-10(21)12-4-5-13-14-9-11-3-6-15(22)17-16(11)19(13,18(12)23-17)7-8-20(14)2/h3-6,12-14,18,22H,7-9H2,1-2H3/t12-,13+,14-,18+,19+/m1/s1. The van der Waals surface area contributed by atoms with Gasteiger partial charge < -0.3 is 14.7 Å². The van der Waals surface area contributed by atoms with E-state index in [2.05, 4.69) is 24.1 Å². The Hall–Kier alpha value is -1.81. The molecule has 4 nitrogen and oxygen atoms in total. The van der Waals surface area contributed by atoms with Crippen LogP contribution in [-0.2, 0) is 16.6 Å². The third-order valence-electron chi connectivity index (χ3n) is 6.65. The number of hydrogen-bond donors (Lipinski definition) is 1. The van der Waals surface area contributed by atoms with Gasteiger partial charge in [-0.2, -0.15) is 0 Å². The highest BCUT2D eigenvalue weighted by molar-refractivity contribution is 5.82. The largest absolute Gasteiger partial charge is 0.504 e. The Bertz CT molecular complexity index is 755. The second kappa shape index (κ2) is 4.18. The first kappa shape index (κ1) is 13.6. The van der Waals surface area contributed by atoms with Gasteiger partial charge in [0.15, 0.2) is 11.5 Å². The van der Waals surface area contributed by atoms with Crippen molar-refractivity contribution in [1.82, 2.24) is 4.90 Å². The van der Waals surface area contributed by atoms with Crippen molar-refractivity contribution in [3.05, 3.63) is 35.4 Å². The van der Waals surface area contributed by atoms with Gasteiger partial charge in [0, 0.05) is 22.9 Å². The van der Waals surface area contributed by atoms with Crippen LogP contribution in [0.2, 0.25) is 0 Å². The predicted octanol–water partition coefficient (Wildman–Crippen LogP) is 2.04. The van der Waals surface area contributed by atoms with Gasteiger partial charge in [-0.15, -0.1) is 0 Å². The Morgan fingerprint density at radius 2 is 2.22 bits per heavy atom. The fourth-order valence-electron chi connectivity index (χ4n) is 5.61. The summed E-state index contributed by atoms with van der Waals surface area (Å²) in [6.07, 6.45) is 6.10. The zero-order valence-electron chi connectivity index (χ0n) is 13.5. The highest BCUT2D eigenvalue weighted by Gasteiger charge is 2.64. The van der Waals surface area contributed by atoms with E-state index >= 15 is 0 Å². The van der Waals surface area contributed by atoms with E-state index < -0.39 is 0 Å². The zero-order valence-corrected chi connectivity index (χ0v) is 13.5. The Kier molecular flexibility index (Phi) is 2.47. The number of phenolic OH excluding ortho intramolecular Hbond substituents is 1. The molecular formula is C19H21NO3. The van der Waals surface area contributed by atoms with E-state index in [4.69, 9.17) is 4.74 Å². The van der Waals surface area contributed by atoms with Crippen molar-refractivity contribution in [2.24, 2.45) is 11.8 Å². The molecule has 2 heterocycles. The summed E-state index contributed by atoms with van der Waals surface area (Å²) in [7, 11) is 2.19. The van der Waals surface area contributed by atoms with Crippen LogP contribution in [0.1, 0.15) is 24.5 Å². The summed E-state index contributed by atoms with van der Waals surface area (Å²) >= 11 is 0. The molecule has 0 amide bonds. The van der Waals surface area contributed by atoms with E-state index in [1.54, 1.807) is 13.0 Å². The molecule has 2 aliphatic heterocycles. The van der Waals surface area contributed by atoms with Gasteiger partial charge in [0.25, 0.3) is 0 Å². The second-order valence-corrected chi connectivity index (χ2v) is 7.58. The molecule has 1 N–H and O–H groups in total. The normalized spacial score (nSPS) is 39.7. The van der Waals surface area contributed by atoms with Crippen molar-refractivity contribution in [3.63, 3.8) is 0 Å². The van der Waals surface area contributed by atoms with Crippen LogP contribution in [0, 0.1) is 11.8 Å². The summed E-state index contributed by atoms with van der Waals surface area (Å²) in [4.78, 5) is 14.6. The molecule has 23 heavy (non-hydrogen) atoms. The lowest BCUT2D eigenvalue weighted by molar-refractivity contribution is -0.124. The third-order valence-corrected chi connectivity index (χ3v) is 6.65. The first-order valence-corrected chi connectivity index (χ1v) is 8.45. The molecule has 120 valence electrons. The number of phenols is 1. The topological polar surface area (TPSA) is 49.8 Å². The molecule has 2 bridgehead atoms. The maximum Gasteiger partial charge on any atom is 0.165 e. The highest BCUT2D eigenvalue weighted by atomic mass is 16.5. The molecule has 0 unspecified atom stereocenters. The number of nitrogens with zero attached hydrogens (tertiary/aromatic N) is 1. The molecule has 5 rings (SSSR count). The van der Waals surface area contributed by atoms with Crippen LogP contribution in [0.4, 0.5) is 0 Å². The smallest absolute Gasteiger partial charge is 0.165 e. The number of likely N-dealkylation sites (tertiary alicyclic amines) is 1. The summed E-state index contributed by atoms with van der Waals surface area (Å²) < 4.78 is 6.28. The monoisotopic (exact) mass is 311 g/mol. The molecular weight excluding hydrogens is 290 g/mol. The van der Waals surface area contributed by atoms with Crippen molar-refractivity contribution in [2.45, 2.75) is 37.3 Å². The van der Waals surface area contributed by atoms with E-state index in [1.165, 1.54) is 11.1 Å². The number of aromatic hydroxyl groups is 1. The molecule has 4 aliphatic rings. The quantitative estimate of drug-likeness (QED) is 0.807. The minimum Gasteiger partial charge on any atom is -0.504 e. The molecule has 0 radical (unpaired) electrons. The summed E-state index contributed by atoms with van der Waals surface area (Å²) in [5, 5.41) is 10.3. The zero-order chi connectivity index (χ0) is 15.9. The van der Waals surface area contributed by atoms with Crippen molar-refractivity contribution in [2.75, 3.05) is 13.6 Å². The van der Waals surface area contributed by atoms with Crippen molar-refractivity contribution < 1.29 is 14.6 Å². The van der Waals surface area contributed by atoms with E-state index in [-0.39, 0.29) is 29.0 Å². The van der Waals surface area contributed by atoms with E-state index in [0.29, 0.717) is 17.7 Å². The van der Waals surface area contributed by atoms with Gasteiger partial charge in [0.2, 0.25) is 0 Å². The van der Waals surface area contributed by atoms with E-state index in [0.717, 1.165) is 19.4 Å². The maximum absolute atomic E-state index is 12.2. The third kappa shape index (κ3) is 1.44. The molecule has 0 saturated carbocycles. The van der Waals surface area contributed by atoms with Crippen molar-refractivity contribution in [1.29, 1.82) is 0 Å². The van der Waals surface area contributed by atoms with E-state index in [9.17, 15) is 9.90 Å². The first-order valence-electron chi connectivity index (χ1n) is 8.45. The number of Topliss-reactive ketones (excluding diaryl/α,β-unsaturated/α-hetero) is 1. The summed E-state index contributed by atoms with van der Waals surface area (Å²) in [5.74, 6) is 1.14. The fourth-order valence-corrected chi connectivity index (χ4v) is 5.61. The maximum atomic E-state index is 12.2. The average Bonchev–Trinajstić information content (AvgIpc) is 2.87. The van der Waals surface area contributed by atoms with Crippen LogP contribution in [0.25, 0.3) is 0 Å². The minimum absolute atomic E-state index is 0.147. The van der Waals surface area contributed by atoms with Crippen LogP contribution >= 0.6 is 0 Å². The second-order valence-electron chi connectivity index (χ2n) is 7.58. The lowest BCUT2D eigenvalue weighted by Crippen LogP contribution is -2.64. The number of benzene rings is 1. The highest BCUT2D eigenvalue weighted by Crippen LogP contribution is 2.63. The van der Waals surface area contributed by atoms with Gasteiger partial charge in [0.1, 0.15) is 11.9 Å². The van der Waals surface area contributed by atoms with Crippen LogP contribution < -0.4 is 4.74 Å². The van der Waals surface area contributed by atoms with Gasteiger partial charge in [-0.1, -0.05) is 18.2 Å². The van der Waals surface area contributed by atoms with Crippen LogP contribution in [-0.4, -0.2) is 41.5 Å². The predicted molar refractivity (Wildman–Crippen MR) is 85.7 cm³/mol. The molecule has 5 atom stereocenters. The molecule has 1 aromatic carbocycles. The number of carbonyl (C=O) groups excluding carboxylic acids is 1. The SMILES string of the molecule is CC(=O)[C@H]1C=C[C@H]2[C@H]3Cc4ccc(O)c5c4[C@@]2(CCN3C)[C@H]1O5. The van der Waals surface area contributed by atoms with E-state index in [1.807, 2.05) is 6.07 Å². The minimum atomic E-state index is -0.215. The molecule has 2 aliphatic carbocycles. The van der Waals surface area contributed by atoms with Gasteiger partial charge in [0.05, 0.1) is 5.92 Å². The van der Waals surface area contributed by atoms with Crippen molar-refractivity contribution in [3.8, 4) is 11.5 Å². The lowest BCUT2D eigenvalue weighted by Gasteiger charge is -2.56. The Balaban J connectivity index is 1.81. The number of likely N-dealkylation sites (N-methyl/N-ethyl adjacent to an activating group) is 1. The van der Waals surface area contributed by atoms with Gasteiger partial charge in [-0.05, 0) is 45.0 Å². The Labute approximate surface area is 135 Å². The molecule has 1 spiro atoms. The molecule has 1 saturated heterocycles. The Morgan fingerprint density at radius 3 is 3.00 bits per heavy atom. The summed E-state index contributed by atoms with van der Waals surface area (Å²) in [6, 6.07) is 4.24. The Morgan fingerprint density at radius 1 is 1.39 bits per heavy atom. The summed E-state index contributed by atoms with van der Waals surface area (Å²) in [6.45, 7) is 2.66. The number of ether oxygens (including phenoxy) is 1. The van der Waals surface area contributed by atoms with Gasteiger partial charge in [-0.25, -0.2) is 0 Å². The van der Waals surface area contributed by atoms with Gasteiger partial charge >= 0.3 is 0 Å². The molecule has 0 aromatic heterocycles. The summed E-state index contributed by atoms with van der Waals surface area (Å²) in [5.41, 5.74) is 2.32. The number of ketones is 1. The van der Waals surface area contributed by atoms with Crippen LogP contribution in [0.15, 0.2) is 24.3 Å². The molecule has 4 heteroatoms. The van der Waals surface area contributed by atoms with Crippen LogP contribution in [0.3, 0.4) is 0 Å². The molecule has 1 aromatic rings. The first-order chi connectivity index (χ1) is 11.0. The number of rotatable bonds is 1. The van der Waals surface area contributed by atoms with Crippen molar-refractivity contribution >= 4 is 5.78 Å². The molecule has 1 fully saturated rings.